The SMILES string of the molecule is CC(=O)Nc1cccc(Nc2cc(C)nc(NCc3ccccc3C)n2)c1. The molecule has 2 aromatic carbocycles. The van der Waals surface area contributed by atoms with Gasteiger partial charge >= 0.3 is 0 Å². The molecular weight excluding hydrogens is 338 g/mol. The highest BCUT2D eigenvalue weighted by molar-refractivity contribution is 5.89. The van der Waals surface area contributed by atoms with Gasteiger partial charge in [-0.15, -0.1) is 0 Å². The van der Waals surface area contributed by atoms with Crippen LogP contribution in [0.25, 0.3) is 0 Å². The first-order valence-electron chi connectivity index (χ1n) is 8.78. The topological polar surface area (TPSA) is 78.9 Å². The van der Waals surface area contributed by atoms with Crippen LogP contribution in [0.15, 0.2) is 54.6 Å². The lowest BCUT2D eigenvalue weighted by Crippen LogP contribution is -2.08. The van der Waals surface area contributed by atoms with Gasteiger partial charge in [-0.3, -0.25) is 4.79 Å². The number of hydrogen-bond donors (Lipinski definition) is 3. The first-order chi connectivity index (χ1) is 13.0. The fourth-order valence-electron chi connectivity index (χ4n) is 2.72. The Labute approximate surface area is 159 Å². The van der Waals surface area contributed by atoms with Crippen molar-refractivity contribution in [1.29, 1.82) is 0 Å². The Kier molecular flexibility index (Phi) is 5.66. The molecule has 0 aliphatic heterocycles. The summed E-state index contributed by atoms with van der Waals surface area (Å²) in [6, 6.07) is 17.6. The molecule has 3 rings (SSSR count). The van der Waals surface area contributed by atoms with E-state index >= 15 is 0 Å². The number of amides is 1. The van der Waals surface area contributed by atoms with E-state index in [0.29, 0.717) is 18.3 Å². The summed E-state index contributed by atoms with van der Waals surface area (Å²) in [6.07, 6.45) is 0. The Morgan fingerprint density at radius 2 is 1.74 bits per heavy atom. The third-order valence-corrected chi connectivity index (χ3v) is 4.01. The van der Waals surface area contributed by atoms with E-state index < -0.39 is 0 Å². The zero-order valence-electron chi connectivity index (χ0n) is 15.7. The number of anilines is 4. The van der Waals surface area contributed by atoms with Gasteiger partial charge in [0.1, 0.15) is 5.82 Å². The molecule has 0 radical (unpaired) electrons. The van der Waals surface area contributed by atoms with Crippen molar-refractivity contribution in [2.45, 2.75) is 27.3 Å². The lowest BCUT2D eigenvalue weighted by Gasteiger charge is -2.12. The van der Waals surface area contributed by atoms with Crippen molar-refractivity contribution in [2.24, 2.45) is 0 Å². The Morgan fingerprint density at radius 1 is 0.963 bits per heavy atom. The molecular formula is C21H23N5O. The standard InChI is InChI=1S/C21H23N5O/c1-14-7-4-5-8-17(14)13-22-21-23-15(2)11-20(26-21)25-19-10-6-9-18(12-19)24-16(3)27/h4-12H,13H2,1-3H3,(H,24,27)(H2,22,23,25,26). The van der Waals surface area contributed by atoms with Gasteiger partial charge in [-0.25, -0.2) is 4.98 Å². The van der Waals surface area contributed by atoms with Crippen molar-refractivity contribution < 1.29 is 4.79 Å². The summed E-state index contributed by atoms with van der Waals surface area (Å²) in [4.78, 5) is 20.2. The van der Waals surface area contributed by atoms with Gasteiger partial charge in [0.15, 0.2) is 0 Å². The monoisotopic (exact) mass is 361 g/mol. The normalized spacial score (nSPS) is 10.3. The highest BCUT2D eigenvalue weighted by Gasteiger charge is 2.05. The zero-order chi connectivity index (χ0) is 19.2. The van der Waals surface area contributed by atoms with Crippen LogP contribution in [0.1, 0.15) is 23.7 Å². The second kappa shape index (κ2) is 8.31. The molecule has 1 heterocycles. The van der Waals surface area contributed by atoms with E-state index in [1.807, 2.05) is 49.4 Å². The third-order valence-electron chi connectivity index (χ3n) is 4.01. The van der Waals surface area contributed by atoms with E-state index in [2.05, 4.69) is 45.0 Å². The van der Waals surface area contributed by atoms with Gasteiger partial charge in [-0.2, -0.15) is 4.98 Å². The van der Waals surface area contributed by atoms with Crippen LogP contribution in [-0.4, -0.2) is 15.9 Å². The van der Waals surface area contributed by atoms with Gasteiger partial charge in [0.2, 0.25) is 11.9 Å². The maximum atomic E-state index is 11.2. The lowest BCUT2D eigenvalue weighted by molar-refractivity contribution is -0.114. The summed E-state index contributed by atoms with van der Waals surface area (Å²) in [5, 5.41) is 9.33. The van der Waals surface area contributed by atoms with Crippen LogP contribution in [-0.2, 0) is 11.3 Å². The summed E-state index contributed by atoms with van der Waals surface area (Å²) < 4.78 is 0. The maximum Gasteiger partial charge on any atom is 0.225 e. The molecule has 0 atom stereocenters. The minimum atomic E-state index is -0.104. The molecule has 0 aliphatic carbocycles. The van der Waals surface area contributed by atoms with Gasteiger partial charge in [-0.1, -0.05) is 30.3 Å². The molecule has 0 spiro atoms. The summed E-state index contributed by atoms with van der Waals surface area (Å²) in [5.41, 5.74) is 4.86. The van der Waals surface area contributed by atoms with Crippen molar-refractivity contribution >= 4 is 29.0 Å². The number of carbonyl (C=O) groups excluding carboxylic acids is 1. The third kappa shape index (κ3) is 5.28. The molecule has 0 fully saturated rings. The van der Waals surface area contributed by atoms with Crippen molar-refractivity contribution in [2.75, 3.05) is 16.0 Å². The minimum Gasteiger partial charge on any atom is -0.350 e. The molecule has 6 heteroatoms. The van der Waals surface area contributed by atoms with E-state index in [1.165, 1.54) is 18.1 Å². The number of rotatable bonds is 6. The predicted octanol–water partition coefficient (Wildman–Crippen LogP) is 4.41. The summed E-state index contributed by atoms with van der Waals surface area (Å²) in [7, 11) is 0. The van der Waals surface area contributed by atoms with Crippen LogP contribution in [0.2, 0.25) is 0 Å². The molecule has 6 nitrogen and oxygen atoms in total. The van der Waals surface area contributed by atoms with Crippen LogP contribution in [0.4, 0.5) is 23.1 Å². The van der Waals surface area contributed by atoms with E-state index in [4.69, 9.17) is 0 Å². The van der Waals surface area contributed by atoms with Crippen LogP contribution < -0.4 is 16.0 Å². The zero-order valence-corrected chi connectivity index (χ0v) is 15.7. The largest absolute Gasteiger partial charge is 0.350 e. The molecule has 0 bridgehead atoms. The highest BCUT2D eigenvalue weighted by atomic mass is 16.1. The molecule has 1 amide bonds. The van der Waals surface area contributed by atoms with Gasteiger partial charge in [0, 0.05) is 36.6 Å². The maximum absolute atomic E-state index is 11.2. The van der Waals surface area contributed by atoms with Gasteiger partial charge in [0.05, 0.1) is 0 Å². The van der Waals surface area contributed by atoms with Crippen LogP contribution >= 0.6 is 0 Å². The van der Waals surface area contributed by atoms with Gasteiger partial charge in [-0.05, 0) is 43.2 Å². The number of hydrogen-bond acceptors (Lipinski definition) is 5. The van der Waals surface area contributed by atoms with Crippen LogP contribution in [0, 0.1) is 13.8 Å². The first kappa shape index (κ1) is 18.4. The van der Waals surface area contributed by atoms with E-state index in [0.717, 1.165) is 17.1 Å². The summed E-state index contributed by atoms with van der Waals surface area (Å²) in [5.74, 6) is 1.15. The molecule has 3 N–H and O–H groups in total. The molecule has 0 unspecified atom stereocenters. The second-order valence-corrected chi connectivity index (χ2v) is 6.39. The number of carbonyl (C=O) groups is 1. The van der Waals surface area contributed by atoms with E-state index in [1.54, 1.807) is 0 Å². The molecule has 3 aromatic rings. The van der Waals surface area contributed by atoms with Gasteiger partial charge < -0.3 is 16.0 Å². The molecule has 138 valence electrons. The minimum absolute atomic E-state index is 0.104. The van der Waals surface area contributed by atoms with Gasteiger partial charge in [0.25, 0.3) is 0 Å². The second-order valence-electron chi connectivity index (χ2n) is 6.39. The van der Waals surface area contributed by atoms with E-state index in [9.17, 15) is 4.79 Å². The Morgan fingerprint density at radius 3 is 2.52 bits per heavy atom. The molecule has 0 saturated carbocycles. The van der Waals surface area contributed by atoms with Crippen molar-refractivity contribution in [3.63, 3.8) is 0 Å². The number of nitrogens with zero attached hydrogens (tertiary/aromatic N) is 2. The average molecular weight is 361 g/mol. The smallest absolute Gasteiger partial charge is 0.225 e. The average Bonchev–Trinajstić information content (AvgIpc) is 2.60. The van der Waals surface area contributed by atoms with Crippen molar-refractivity contribution in [3.05, 3.63) is 71.4 Å². The highest BCUT2D eigenvalue weighted by Crippen LogP contribution is 2.20. The molecule has 1 aromatic heterocycles. The first-order valence-corrected chi connectivity index (χ1v) is 8.78. The number of aryl methyl sites for hydroxylation is 2. The number of aromatic nitrogens is 2. The molecule has 0 saturated heterocycles. The van der Waals surface area contributed by atoms with E-state index in [-0.39, 0.29) is 5.91 Å². The van der Waals surface area contributed by atoms with Crippen LogP contribution in [0.3, 0.4) is 0 Å². The summed E-state index contributed by atoms with van der Waals surface area (Å²) >= 11 is 0. The molecule has 27 heavy (non-hydrogen) atoms. The van der Waals surface area contributed by atoms with Crippen molar-refractivity contribution in [3.8, 4) is 0 Å². The Hall–Kier alpha value is -3.41. The fraction of sp³-hybridized carbons (Fsp3) is 0.190. The van der Waals surface area contributed by atoms with Crippen LogP contribution in [0.5, 0.6) is 0 Å². The number of nitrogens with one attached hydrogen (secondary N) is 3. The lowest BCUT2D eigenvalue weighted by atomic mass is 10.1. The molecule has 0 aliphatic rings. The van der Waals surface area contributed by atoms with Crippen molar-refractivity contribution in [1.82, 2.24) is 9.97 Å². The Bertz CT molecular complexity index is 955. The Balaban J connectivity index is 1.73. The number of benzene rings is 2. The quantitative estimate of drug-likeness (QED) is 0.606. The summed E-state index contributed by atoms with van der Waals surface area (Å²) in [6.45, 7) is 6.16. The fourth-order valence-corrected chi connectivity index (χ4v) is 2.72. The predicted molar refractivity (Wildman–Crippen MR) is 109 cm³/mol.